The summed E-state index contributed by atoms with van der Waals surface area (Å²) >= 11 is 6.35. The summed E-state index contributed by atoms with van der Waals surface area (Å²) in [6.45, 7) is 3.30. The maximum absolute atomic E-state index is 6.35. The molecule has 1 aliphatic rings. The van der Waals surface area contributed by atoms with E-state index in [1.165, 1.54) is 50.5 Å². The van der Waals surface area contributed by atoms with Gasteiger partial charge in [-0.3, -0.25) is 0 Å². The number of halogens is 1. The van der Waals surface area contributed by atoms with Crippen molar-refractivity contribution in [3.8, 4) is 0 Å². The maximum Gasteiger partial charge on any atom is 0.0438 e. The van der Waals surface area contributed by atoms with Crippen LogP contribution >= 0.6 is 11.6 Å². The molecule has 1 N–H and O–H groups in total. The number of rotatable bonds is 6. The first-order valence-corrected chi connectivity index (χ1v) is 8.84. The lowest BCUT2D eigenvalue weighted by atomic mass is 9.91. The van der Waals surface area contributed by atoms with Crippen LogP contribution in [0.25, 0.3) is 0 Å². The number of allylic oxidation sites excluding steroid dienone is 1. The molecular formula is C19H28ClN. The summed E-state index contributed by atoms with van der Waals surface area (Å²) in [5, 5.41) is 4.63. The predicted octanol–water partition coefficient (Wildman–Crippen LogP) is 5.53. The van der Waals surface area contributed by atoms with Crippen molar-refractivity contribution in [2.45, 2.75) is 64.3 Å². The first-order valence-electron chi connectivity index (χ1n) is 8.47. The Kier molecular flexibility index (Phi) is 7.32. The topological polar surface area (TPSA) is 12.0 Å². The van der Waals surface area contributed by atoms with Crippen LogP contribution in [0.2, 0.25) is 5.02 Å². The largest absolute Gasteiger partial charge is 0.310 e. The van der Waals surface area contributed by atoms with Gasteiger partial charge >= 0.3 is 0 Å². The summed E-state index contributed by atoms with van der Waals surface area (Å²) in [5.74, 6) is 0. The molecule has 1 aromatic rings. The van der Waals surface area contributed by atoms with E-state index in [9.17, 15) is 0 Å². The molecule has 0 heterocycles. The van der Waals surface area contributed by atoms with E-state index in [0.717, 1.165) is 18.0 Å². The highest BCUT2D eigenvalue weighted by atomic mass is 35.5. The standard InChI is InChI=1S/C19H28ClN/c1-2-14-21-19(15-17-12-8-9-13-18(17)20)16-10-6-4-3-5-7-11-16/h8-10,12-13,19,21H,2-7,11,14-15H2,1H3/b16-10+. The quantitative estimate of drug-likeness (QED) is 0.681. The van der Waals surface area contributed by atoms with Crippen LogP contribution in [0, 0.1) is 0 Å². The van der Waals surface area contributed by atoms with E-state index >= 15 is 0 Å². The molecule has 0 bridgehead atoms. The molecule has 0 amide bonds. The zero-order valence-corrected chi connectivity index (χ0v) is 14.0. The number of hydrogen-bond acceptors (Lipinski definition) is 1. The van der Waals surface area contributed by atoms with Crippen molar-refractivity contribution in [1.29, 1.82) is 0 Å². The van der Waals surface area contributed by atoms with Gasteiger partial charge in [0.1, 0.15) is 0 Å². The van der Waals surface area contributed by atoms with Crippen molar-refractivity contribution in [2.24, 2.45) is 0 Å². The normalized spacial score (nSPS) is 20.2. The molecule has 2 heteroatoms. The Bertz CT molecular complexity index is 453. The van der Waals surface area contributed by atoms with Crippen LogP contribution in [0.5, 0.6) is 0 Å². The molecule has 21 heavy (non-hydrogen) atoms. The van der Waals surface area contributed by atoms with Gasteiger partial charge in [0.05, 0.1) is 0 Å². The van der Waals surface area contributed by atoms with E-state index in [1.54, 1.807) is 5.57 Å². The van der Waals surface area contributed by atoms with Crippen LogP contribution in [-0.2, 0) is 6.42 Å². The third-order valence-corrected chi connectivity index (χ3v) is 4.67. The SMILES string of the molecule is CCCNC(Cc1ccccc1Cl)/C1=C/CCCCCC1. The molecule has 116 valence electrons. The number of benzene rings is 1. The Morgan fingerprint density at radius 3 is 2.76 bits per heavy atom. The highest BCUT2D eigenvalue weighted by molar-refractivity contribution is 6.31. The minimum Gasteiger partial charge on any atom is -0.310 e. The Morgan fingerprint density at radius 1 is 1.14 bits per heavy atom. The van der Waals surface area contributed by atoms with Crippen molar-refractivity contribution < 1.29 is 0 Å². The monoisotopic (exact) mass is 305 g/mol. The zero-order chi connectivity index (χ0) is 14.9. The highest BCUT2D eigenvalue weighted by Gasteiger charge is 2.16. The lowest BCUT2D eigenvalue weighted by Crippen LogP contribution is -2.34. The van der Waals surface area contributed by atoms with E-state index in [0.29, 0.717) is 6.04 Å². The fraction of sp³-hybridized carbons (Fsp3) is 0.579. The third kappa shape index (κ3) is 5.48. The summed E-state index contributed by atoms with van der Waals surface area (Å²) in [6, 6.07) is 8.70. The average Bonchev–Trinajstić information content (AvgIpc) is 2.45. The van der Waals surface area contributed by atoms with Crippen molar-refractivity contribution in [1.82, 2.24) is 5.32 Å². The zero-order valence-electron chi connectivity index (χ0n) is 13.2. The summed E-state index contributed by atoms with van der Waals surface area (Å²) < 4.78 is 0. The molecule has 0 spiro atoms. The number of hydrogen-bond donors (Lipinski definition) is 1. The molecule has 1 nitrogen and oxygen atoms in total. The van der Waals surface area contributed by atoms with Gasteiger partial charge in [-0.25, -0.2) is 0 Å². The lowest BCUT2D eigenvalue weighted by molar-refractivity contribution is 0.523. The molecule has 0 saturated carbocycles. The first kappa shape index (κ1) is 16.6. The van der Waals surface area contributed by atoms with E-state index in [1.807, 2.05) is 12.1 Å². The Hall–Kier alpha value is -0.790. The second-order valence-electron chi connectivity index (χ2n) is 6.03. The summed E-state index contributed by atoms with van der Waals surface area (Å²) in [6.07, 6.45) is 12.6. The van der Waals surface area contributed by atoms with E-state index in [4.69, 9.17) is 11.6 Å². The lowest BCUT2D eigenvalue weighted by Gasteiger charge is -2.24. The first-order chi connectivity index (χ1) is 10.3. The molecule has 1 unspecified atom stereocenters. The summed E-state index contributed by atoms with van der Waals surface area (Å²) in [5.41, 5.74) is 2.86. The van der Waals surface area contributed by atoms with Crippen molar-refractivity contribution in [2.75, 3.05) is 6.54 Å². The fourth-order valence-corrected chi connectivity index (χ4v) is 3.28. The second-order valence-corrected chi connectivity index (χ2v) is 6.44. The molecule has 0 aliphatic heterocycles. The van der Waals surface area contributed by atoms with Gasteiger partial charge in [0.2, 0.25) is 0 Å². The van der Waals surface area contributed by atoms with Crippen LogP contribution in [-0.4, -0.2) is 12.6 Å². The highest BCUT2D eigenvalue weighted by Crippen LogP contribution is 2.24. The summed E-state index contributed by atoms with van der Waals surface area (Å²) in [7, 11) is 0. The van der Waals surface area contributed by atoms with Gasteiger partial charge < -0.3 is 5.32 Å². The Morgan fingerprint density at radius 2 is 1.95 bits per heavy atom. The van der Waals surface area contributed by atoms with E-state index in [2.05, 4.69) is 30.4 Å². The average molecular weight is 306 g/mol. The third-order valence-electron chi connectivity index (χ3n) is 4.30. The minimum absolute atomic E-state index is 0.447. The van der Waals surface area contributed by atoms with Crippen molar-refractivity contribution in [3.63, 3.8) is 0 Å². The van der Waals surface area contributed by atoms with E-state index < -0.39 is 0 Å². The van der Waals surface area contributed by atoms with Crippen molar-refractivity contribution >= 4 is 11.6 Å². The Labute approximate surface area is 134 Å². The molecule has 1 aromatic carbocycles. The van der Waals surface area contributed by atoms with Crippen LogP contribution in [0.1, 0.15) is 57.4 Å². The molecule has 0 saturated heterocycles. The van der Waals surface area contributed by atoms with E-state index in [-0.39, 0.29) is 0 Å². The molecule has 0 fully saturated rings. The molecule has 1 aliphatic carbocycles. The molecule has 2 rings (SSSR count). The minimum atomic E-state index is 0.447. The fourth-order valence-electron chi connectivity index (χ4n) is 3.07. The van der Waals surface area contributed by atoms with Crippen LogP contribution in [0.4, 0.5) is 0 Å². The molecule has 0 aromatic heterocycles. The van der Waals surface area contributed by atoms with Gasteiger partial charge in [-0.15, -0.1) is 0 Å². The molecular weight excluding hydrogens is 278 g/mol. The van der Waals surface area contributed by atoms with Crippen LogP contribution < -0.4 is 5.32 Å². The predicted molar refractivity (Wildman–Crippen MR) is 93.0 cm³/mol. The van der Waals surface area contributed by atoms with Gasteiger partial charge in [0.15, 0.2) is 0 Å². The van der Waals surface area contributed by atoms with Crippen molar-refractivity contribution in [3.05, 3.63) is 46.5 Å². The maximum atomic E-state index is 6.35. The van der Waals surface area contributed by atoms with Crippen LogP contribution in [0.15, 0.2) is 35.9 Å². The molecule has 0 radical (unpaired) electrons. The van der Waals surface area contributed by atoms with Gasteiger partial charge in [0.25, 0.3) is 0 Å². The second kappa shape index (κ2) is 9.27. The van der Waals surface area contributed by atoms with Gasteiger partial charge in [-0.2, -0.15) is 0 Å². The number of nitrogens with one attached hydrogen (secondary N) is 1. The Balaban J connectivity index is 2.11. The van der Waals surface area contributed by atoms with Crippen LogP contribution in [0.3, 0.4) is 0 Å². The van der Waals surface area contributed by atoms with Gasteiger partial charge in [-0.1, -0.05) is 61.2 Å². The summed E-state index contributed by atoms with van der Waals surface area (Å²) in [4.78, 5) is 0. The smallest absolute Gasteiger partial charge is 0.0438 e. The molecule has 1 atom stereocenters. The van der Waals surface area contributed by atoms with Gasteiger partial charge in [0, 0.05) is 11.1 Å². The van der Waals surface area contributed by atoms with Gasteiger partial charge in [-0.05, 0) is 56.7 Å².